The van der Waals surface area contributed by atoms with E-state index in [-0.39, 0.29) is 11.4 Å². The number of esters is 1. The van der Waals surface area contributed by atoms with Crippen LogP contribution in [0, 0.1) is 0 Å². The minimum Gasteiger partial charge on any atom is -0.464 e. The first-order chi connectivity index (χ1) is 7.60. The Hall–Kier alpha value is -1.95. The number of carbonyl (C=O) groups is 2. The molecule has 6 heteroatoms. The maximum absolute atomic E-state index is 11.6. The molecule has 1 aromatic rings. The van der Waals surface area contributed by atoms with E-state index in [1.54, 1.807) is 6.07 Å². The first-order valence-corrected chi connectivity index (χ1v) is 4.47. The largest absolute Gasteiger partial charge is 0.464 e. The number of hydrogen-bond donors (Lipinski definition) is 0. The van der Waals surface area contributed by atoms with E-state index in [2.05, 4.69) is 9.72 Å². The zero-order valence-electron chi connectivity index (χ0n) is 9.26. The van der Waals surface area contributed by atoms with Crippen molar-refractivity contribution in [3.05, 3.63) is 29.6 Å². The Balaban J connectivity index is 2.99. The summed E-state index contributed by atoms with van der Waals surface area (Å²) in [6.07, 6.45) is 0. The summed E-state index contributed by atoms with van der Waals surface area (Å²) in [7, 11) is 4.07. The molecule has 0 saturated heterocycles. The molecule has 1 rings (SSSR count). The van der Waals surface area contributed by atoms with E-state index in [0.717, 1.165) is 5.06 Å². The minimum atomic E-state index is -0.588. The summed E-state index contributed by atoms with van der Waals surface area (Å²) in [5.74, 6) is -1.03. The Morgan fingerprint density at radius 1 is 1.25 bits per heavy atom. The van der Waals surface area contributed by atoms with Crippen molar-refractivity contribution < 1.29 is 19.2 Å². The molecule has 0 saturated carbocycles. The topological polar surface area (TPSA) is 68.7 Å². The van der Waals surface area contributed by atoms with Crippen molar-refractivity contribution in [2.45, 2.75) is 0 Å². The molecule has 0 aliphatic heterocycles. The number of pyridine rings is 1. The number of rotatable bonds is 3. The number of hydrogen-bond acceptors (Lipinski definition) is 5. The van der Waals surface area contributed by atoms with Gasteiger partial charge in [-0.2, -0.15) is 0 Å². The maximum atomic E-state index is 11.6. The van der Waals surface area contributed by atoms with Gasteiger partial charge in [0.05, 0.1) is 14.2 Å². The third kappa shape index (κ3) is 2.54. The summed E-state index contributed by atoms with van der Waals surface area (Å²) in [5.41, 5.74) is 0.199. The molecule has 1 heterocycles. The van der Waals surface area contributed by atoms with Gasteiger partial charge in [-0.3, -0.25) is 9.63 Å². The number of aromatic nitrogens is 1. The second kappa shape index (κ2) is 5.22. The predicted octanol–water partition coefficient (Wildman–Crippen LogP) is 0.502. The van der Waals surface area contributed by atoms with Crippen LogP contribution in [0.2, 0.25) is 0 Å². The van der Waals surface area contributed by atoms with Crippen molar-refractivity contribution in [3.8, 4) is 0 Å². The molecule has 0 bridgehead atoms. The van der Waals surface area contributed by atoms with Crippen LogP contribution in [0.25, 0.3) is 0 Å². The van der Waals surface area contributed by atoms with Crippen LogP contribution in [0.1, 0.15) is 21.0 Å². The monoisotopic (exact) mass is 224 g/mol. The van der Waals surface area contributed by atoms with E-state index in [9.17, 15) is 9.59 Å². The van der Waals surface area contributed by atoms with Crippen LogP contribution >= 0.6 is 0 Å². The van der Waals surface area contributed by atoms with Gasteiger partial charge in [-0.05, 0) is 12.1 Å². The molecule has 0 spiro atoms. The Labute approximate surface area is 92.7 Å². The van der Waals surface area contributed by atoms with E-state index < -0.39 is 11.9 Å². The SMILES string of the molecule is COC(=O)c1cccc(C(=O)N(C)OC)n1. The van der Waals surface area contributed by atoms with Gasteiger partial charge in [-0.25, -0.2) is 14.8 Å². The number of carbonyl (C=O) groups excluding carboxylic acids is 2. The highest BCUT2D eigenvalue weighted by Crippen LogP contribution is 2.04. The second-order valence-electron chi connectivity index (χ2n) is 2.88. The van der Waals surface area contributed by atoms with Crippen LogP contribution in [0.15, 0.2) is 18.2 Å². The van der Waals surface area contributed by atoms with Gasteiger partial charge in [0.25, 0.3) is 5.91 Å². The molecular weight excluding hydrogens is 212 g/mol. The summed E-state index contributed by atoms with van der Waals surface area (Å²) in [6.45, 7) is 0. The Bertz CT molecular complexity index is 406. The summed E-state index contributed by atoms with van der Waals surface area (Å²) in [5, 5.41) is 1.02. The number of ether oxygens (including phenoxy) is 1. The standard InChI is InChI=1S/C10H12N2O4/c1-12(16-3)9(13)7-5-4-6-8(11-7)10(14)15-2/h4-6H,1-3H3. The van der Waals surface area contributed by atoms with Crippen molar-refractivity contribution in [1.82, 2.24) is 10.0 Å². The lowest BCUT2D eigenvalue weighted by Crippen LogP contribution is -2.26. The smallest absolute Gasteiger partial charge is 0.356 e. The quantitative estimate of drug-likeness (QED) is 0.552. The summed E-state index contributed by atoms with van der Waals surface area (Å²) in [6, 6.07) is 4.51. The van der Waals surface area contributed by atoms with E-state index in [4.69, 9.17) is 4.84 Å². The molecule has 86 valence electrons. The van der Waals surface area contributed by atoms with Crippen LogP contribution in [-0.2, 0) is 9.57 Å². The predicted molar refractivity (Wildman–Crippen MR) is 54.7 cm³/mol. The lowest BCUT2D eigenvalue weighted by atomic mass is 10.3. The van der Waals surface area contributed by atoms with E-state index in [1.807, 2.05) is 0 Å². The lowest BCUT2D eigenvalue weighted by Gasteiger charge is -2.12. The van der Waals surface area contributed by atoms with Crippen molar-refractivity contribution in [1.29, 1.82) is 0 Å². The Morgan fingerprint density at radius 3 is 2.44 bits per heavy atom. The van der Waals surface area contributed by atoms with Crippen LogP contribution in [0.3, 0.4) is 0 Å². The molecule has 0 unspecified atom stereocenters. The van der Waals surface area contributed by atoms with Crippen LogP contribution in [-0.4, -0.2) is 43.2 Å². The van der Waals surface area contributed by atoms with Crippen LogP contribution < -0.4 is 0 Å². The third-order valence-electron chi connectivity index (χ3n) is 1.92. The molecule has 0 aliphatic rings. The van der Waals surface area contributed by atoms with E-state index in [0.29, 0.717) is 0 Å². The molecule has 0 aliphatic carbocycles. The lowest BCUT2D eigenvalue weighted by molar-refractivity contribution is -0.0760. The second-order valence-corrected chi connectivity index (χ2v) is 2.88. The first kappa shape index (κ1) is 12.1. The number of methoxy groups -OCH3 is 1. The van der Waals surface area contributed by atoms with Gasteiger partial charge in [-0.15, -0.1) is 0 Å². The van der Waals surface area contributed by atoms with Gasteiger partial charge < -0.3 is 4.74 Å². The van der Waals surface area contributed by atoms with Crippen molar-refractivity contribution >= 4 is 11.9 Å². The zero-order valence-corrected chi connectivity index (χ0v) is 9.26. The average molecular weight is 224 g/mol. The maximum Gasteiger partial charge on any atom is 0.356 e. The fraction of sp³-hybridized carbons (Fsp3) is 0.300. The van der Waals surface area contributed by atoms with Crippen LogP contribution in [0.5, 0.6) is 0 Å². The molecule has 1 amide bonds. The average Bonchev–Trinajstić information content (AvgIpc) is 2.36. The van der Waals surface area contributed by atoms with E-state index in [1.165, 1.54) is 33.4 Å². The summed E-state index contributed by atoms with van der Waals surface area (Å²) < 4.78 is 4.50. The molecule has 0 aromatic carbocycles. The molecule has 0 radical (unpaired) electrons. The van der Waals surface area contributed by atoms with Gasteiger partial charge in [0.1, 0.15) is 11.4 Å². The van der Waals surface area contributed by atoms with Crippen LogP contribution in [0.4, 0.5) is 0 Å². The van der Waals surface area contributed by atoms with Gasteiger partial charge in [-0.1, -0.05) is 6.07 Å². The van der Waals surface area contributed by atoms with Crippen molar-refractivity contribution in [3.63, 3.8) is 0 Å². The summed E-state index contributed by atoms with van der Waals surface area (Å²) >= 11 is 0. The Kier molecular flexibility index (Phi) is 3.96. The fourth-order valence-electron chi connectivity index (χ4n) is 1.02. The first-order valence-electron chi connectivity index (χ1n) is 4.47. The Morgan fingerprint density at radius 2 is 1.88 bits per heavy atom. The fourth-order valence-corrected chi connectivity index (χ4v) is 1.02. The van der Waals surface area contributed by atoms with Crippen molar-refractivity contribution in [2.75, 3.05) is 21.3 Å². The molecule has 0 N–H and O–H groups in total. The van der Waals surface area contributed by atoms with Gasteiger partial charge >= 0.3 is 5.97 Å². The zero-order chi connectivity index (χ0) is 12.1. The highest BCUT2D eigenvalue weighted by molar-refractivity contribution is 5.93. The molecular formula is C10H12N2O4. The molecule has 0 fully saturated rings. The number of amides is 1. The molecule has 0 atom stereocenters. The van der Waals surface area contributed by atoms with Gasteiger partial charge in [0.15, 0.2) is 0 Å². The minimum absolute atomic E-state index is 0.0813. The van der Waals surface area contributed by atoms with Gasteiger partial charge in [0.2, 0.25) is 0 Å². The third-order valence-corrected chi connectivity index (χ3v) is 1.92. The highest BCUT2D eigenvalue weighted by Gasteiger charge is 2.15. The molecule has 1 aromatic heterocycles. The summed E-state index contributed by atoms with van der Waals surface area (Å²) in [4.78, 5) is 31.4. The number of hydroxylamine groups is 2. The highest BCUT2D eigenvalue weighted by atomic mass is 16.7. The van der Waals surface area contributed by atoms with Crippen molar-refractivity contribution in [2.24, 2.45) is 0 Å². The molecule has 16 heavy (non-hydrogen) atoms. The van der Waals surface area contributed by atoms with E-state index >= 15 is 0 Å². The molecule has 6 nitrogen and oxygen atoms in total. The normalized spacial score (nSPS) is 9.69. The van der Waals surface area contributed by atoms with Gasteiger partial charge in [0, 0.05) is 7.05 Å². The number of nitrogens with zero attached hydrogens (tertiary/aromatic N) is 2.